The van der Waals surface area contributed by atoms with Crippen LogP contribution in [0.25, 0.3) is 0 Å². The largest absolute Gasteiger partial charge is 0.497 e. The van der Waals surface area contributed by atoms with Crippen LogP contribution in [0.3, 0.4) is 0 Å². The lowest BCUT2D eigenvalue weighted by Crippen LogP contribution is -2.37. The van der Waals surface area contributed by atoms with E-state index >= 15 is 0 Å². The van der Waals surface area contributed by atoms with Crippen molar-refractivity contribution in [3.05, 3.63) is 59.9 Å². The van der Waals surface area contributed by atoms with Crippen molar-refractivity contribution in [1.29, 1.82) is 0 Å². The minimum atomic E-state index is -0.662. The zero-order valence-corrected chi connectivity index (χ0v) is 13.4. The van der Waals surface area contributed by atoms with Gasteiger partial charge >= 0.3 is 0 Å². The summed E-state index contributed by atoms with van der Waals surface area (Å²) in [5.74, 6) is 0.669. The van der Waals surface area contributed by atoms with Crippen LogP contribution in [0.15, 0.2) is 48.5 Å². The van der Waals surface area contributed by atoms with Gasteiger partial charge in [-0.3, -0.25) is 4.79 Å². The van der Waals surface area contributed by atoms with Crippen LogP contribution in [-0.4, -0.2) is 19.1 Å². The highest BCUT2D eigenvalue weighted by molar-refractivity contribution is 5.81. The fraction of sp³-hybridized carbons (Fsp3) is 0.278. The third-order valence-electron chi connectivity index (χ3n) is 3.45. The van der Waals surface area contributed by atoms with Gasteiger partial charge < -0.3 is 14.8 Å². The quantitative estimate of drug-likeness (QED) is 0.887. The van der Waals surface area contributed by atoms with E-state index in [0.717, 1.165) is 5.56 Å². The van der Waals surface area contributed by atoms with Crippen molar-refractivity contribution >= 4 is 5.91 Å². The average Bonchev–Trinajstić information content (AvgIpc) is 2.55. The number of amides is 1. The average molecular weight is 317 g/mol. The van der Waals surface area contributed by atoms with Crippen LogP contribution in [0.2, 0.25) is 0 Å². The molecule has 0 aliphatic heterocycles. The molecule has 0 saturated heterocycles. The molecule has 5 heteroatoms. The van der Waals surface area contributed by atoms with Crippen LogP contribution in [0.4, 0.5) is 4.39 Å². The van der Waals surface area contributed by atoms with E-state index in [-0.39, 0.29) is 17.8 Å². The first-order valence-corrected chi connectivity index (χ1v) is 7.36. The second kappa shape index (κ2) is 7.63. The van der Waals surface area contributed by atoms with Gasteiger partial charge in [-0.15, -0.1) is 0 Å². The molecule has 23 heavy (non-hydrogen) atoms. The first-order chi connectivity index (χ1) is 11.0. The normalized spacial score (nSPS) is 13.0. The van der Waals surface area contributed by atoms with Gasteiger partial charge in [0.25, 0.3) is 5.91 Å². The maximum absolute atomic E-state index is 12.9. The van der Waals surface area contributed by atoms with Crippen molar-refractivity contribution in [3.63, 3.8) is 0 Å². The minimum absolute atomic E-state index is 0.237. The first kappa shape index (κ1) is 16.8. The predicted octanol–water partition coefficient (Wildman–Crippen LogP) is 3.48. The lowest BCUT2D eigenvalue weighted by Gasteiger charge is -2.19. The molecular formula is C18H20FNO3. The summed E-state index contributed by atoms with van der Waals surface area (Å²) in [4.78, 5) is 12.2. The summed E-state index contributed by atoms with van der Waals surface area (Å²) in [7, 11) is 1.57. The van der Waals surface area contributed by atoms with E-state index in [1.165, 1.54) is 12.1 Å². The number of ether oxygens (including phenoxy) is 2. The number of methoxy groups -OCH3 is 1. The Balaban J connectivity index is 1.95. The van der Waals surface area contributed by atoms with Crippen molar-refractivity contribution < 1.29 is 18.7 Å². The highest BCUT2D eigenvalue weighted by Gasteiger charge is 2.18. The monoisotopic (exact) mass is 317 g/mol. The Hall–Kier alpha value is -2.56. The molecule has 2 atom stereocenters. The smallest absolute Gasteiger partial charge is 0.261 e. The van der Waals surface area contributed by atoms with Gasteiger partial charge in [0, 0.05) is 6.07 Å². The molecule has 0 unspecified atom stereocenters. The lowest BCUT2D eigenvalue weighted by molar-refractivity contribution is -0.127. The van der Waals surface area contributed by atoms with Crippen molar-refractivity contribution in [3.8, 4) is 11.5 Å². The molecule has 0 radical (unpaired) electrons. The fourth-order valence-electron chi connectivity index (χ4n) is 2.10. The first-order valence-electron chi connectivity index (χ1n) is 7.36. The Morgan fingerprint density at radius 1 is 1.09 bits per heavy atom. The Bertz CT molecular complexity index is 658. The number of benzene rings is 2. The van der Waals surface area contributed by atoms with E-state index in [2.05, 4.69) is 5.32 Å². The second-order valence-electron chi connectivity index (χ2n) is 5.22. The molecule has 4 nitrogen and oxygen atoms in total. The summed E-state index contributed by atoms with van der Waals surface area (Å²) in [6.45, 7) is 3.51. The molecule has 0 fully saturated rings. The molecule has 0 aromatic heterocycles. The van der Waals surface area contributed by atoms with E-state index in [9.17, 15) is 9.18 Å². The van der Waals surface area contributed by atoms with Crippen molar-refractivity contribution in [1.82, 2.24) is 5.32 Å². The van der Waals surface area contributed by atoms with Gasteiger partial charge in [-0.2, -0.15) is 0 Å². The summed E-state index contributed by atoms with van der Waals surface area (Å²) in [6, 6.07) is 12.9. The van der Waals surface area contributed by atoms with Crippen LogP contribution in [0.1, 0.15) is 25.5 Å². The summed E-state index contributed by atoms with van der Waals surface area (Å²) in [5, 5.41) is 2.85. The topological polar surface area (TPSA) is 47.6 Å². The Morgan fingerprint density at radius 3 is 2.39 bits per heavy atom. The summed E-state index contributed by atoms with van der Waals surface area (Å²) < 4.78 is 23.7. The predicted molar refractivity (Wildman–Crippen MR) is 86.0 cm³/mol. The molecular weight excluding hydrogens is 297 g/mol. The molecule has 0 spiro atoms. The van der Waals surface area contributed by atoms with E-state index in [1.54, 1.807) is 50.4 Å². The van der Waals surface area contributed by atoms with Crippen molar-refractivity contribution in [2.24, 2.45) is 0 Å². The van der Waals surface area contributed by atoms with Crippen LogP contribution in [0, 0.1) is 5.82 Å². The van der Waals surface area contributed by atoms with Gasteiger partial charge in [0.2, 0.25) is 0 Å². The molecule has 122 valence electrons. The minimum Gasteiger partial charge on any atom is -0.497 e. The molecule has 0 aliphatic rings. The van der Waals surface area contributed by atoms with Crippen LogP contribution >= 0.6 is 0 Å². The summed E-state index contributed by atoms with van der Waals surface area (Å²) in [5.41, 5.74) is 0.827. The lowest BCUT2D eigenvalue weighted by atomic mass is 10.1. The Morgan fingerprint density at radius 2 is 1.74 bits per heavy atom. The van der Waals surface area contributed by atoms with E-state index in [4.69, 9.17) is 9.47 Å². The fourth-order valence-corrected chi connectivity index (χ4v) is 2.10. The standard InChI is InChI=1S/C18H20FNO3/c1-12(14-7-9-15(19)10-8-14)20-18(21)13(2)23-17-6-4-5-16(11-17)22-3/h4-13H,1-3H3,(H,20,21)/t12-,13+/m1/s1. The highest BCUT2D eigenvalue weighted by Crippen LogP contribution is 2.20. The van der Waals surface area contributed by atoms with Gasteiger partial charge in [0.05, 0.1) is 13.2 Å². The molecule has 0 heterocycles. The SMILES string of the molecule is COc1cccc(O[C@@H](C)C(=O)N[C@H](C)c2ccc(F)cc2)c1. The third-order valence-corrected chi connectivity index (χ3v) is 3.45. The molecule has 0 bridgehead atoms. The van der Waals surface area contributed by atoms with Crippen LogP contribution < -0.4 is 14.8 Å². The molecule has 1 amide bonds. The molecule has 2 aromatic rings. The molecule has 0 saturated carbocycles. The van der Waals surface area contributed by atoms with Crippen molar-refractivity contribution in [2.75, 3.05) is 7.11 Å². The molecule has 1 N–H and O–H groups in total. The van der Waals surface area contributed by atoms with Gasteiger partial charge in [-0.25, -0.2) is 4.39 Å². The second-order valence-corrected chi connectivity index (χ2v) is 5.22. The molecule has 0 aliphatic carbocycles. The molecule has 2 aromatic carbocycles. The molecule has 2 rings (SSSR count). The zero-order chi connectivity index (χ0) is 16.8. The third kappa shape index (κ3) is 4.71. The van der Waals surface area contributed by atoms with Crippen LogP contribution in [-0.2, 0) is 4.79 Å². The maximum atomic E-state index is 12.9. The summed E-state index contributed by atoms with van der Waals surface area (Å²) in [6.07, 6.45) is -0.662. The number of nitrogens with one attached hydrogen (secondary N) is 1. The number of hydrogen-bond donors (Lipinski definition) is 1. The van der Waals surface area contributed by atoms with E-state index in [0.29, 0.717) is 11.5 Å². The highest BCUT2D eigenvalue weighted by atomic mass is 19.1. The van der Waals surface area contributed by atoms with Gasteiger partial charge in [-0.1, -0.05) is 18.2 Å². The summed E-state index contributed by atoms with van der Waals surface area (Å²) >= 11 is 0. The van der Waals surface area contributed by atoms with E-state index < -0.39 is 6.10 Å². The van der Waals surface area contributed by atoms with Gasteiger partial charge in [0.15, 0.2) is 6.10 Å². The number of halogens is 1. The van der Waals surface area contributed by atoms with E-state index in [1.807, 2.05) is 6.92 Å². The number of carbonyl (C=O) groups excluding carboxylic acids is 1. The van der Waals surface area contributed by atoms with Gasteiger partial charge in [0.1, 0.15) is 17.3 Å². The number of carbonyl (C=O) groups is 1. The van der Waals surface area contributed by atoms with Crippen LogP contribution in [0.5, 0.6) is 11.5 Å². The number of rotatable bonds is 6. The maximum Gasteiger partial charge on any atom is 0.261 e. The van der Waals surface area contributed by atoms with Crippen molar-refractivity contribution in [2.45, 2.75) is 26.0 Å². The zero-order valence-electron chi connectivity index (χ0n) is 13.4. The van der Waals surface area contributed by atoms with Gasteiger partial charge in [-0.05, 0) is 43.7 Å². The Labute approximate surface area is 135 Å². The number of hydrogen-bond acceptors (Lipinski definition) is 3. The Kier molecular flexibility index (Phi) is 5.57.